The van der Waals surface area contributed by atoms with Crippen LogP contribution in [0, 0.1) is 0 Å². The summed E-state index contributed by atoms with van der Waals surface area (Å²) < 4.78 is 50.3. The highest BCUT2D eigenvalue weighted by molar-refractivity contribution is 8.44. The first-order chi connectivity index (χ1) is 20.9. The Morgan fingerprint density at radius 2 is 1.84 bits per heavy atom. The first kappa shape index (κ1) is 31.6. The molecule has 6 heterocycles. The molecule has 19 nitrogen and oxygen atoms in total. The molecule has 2 saturated heterocycles. The van der Waals surface area contributed by atoms with Crippen molar-refractivity contribution in [3.05, 3.63) is 31.2 Å². The largest absolute Gasteiger partial charge is 0.387 e. The number of aliphatic hydroxyl groups excluding tert-OH is 2. The number of anilines is 2. The van der Waals surface area contributed by atoms with Gasteiger partial charge in [-0.05, 0) is 17.9 Å². The average molecular weight is 692 g/mol. The molecule has 0 aromatic carbocycles. The highest BCUT2D eigenvalue weighted by Gasteiger charge is 2.50. The van der Waals surface area contributed by atoms with Gasteiger partial charge in [-0.3, -0.25) is 18.1 Å². The van der Waals surface area contributed by atoms with E-state index in [0.29, 0.717) is 5.39 Å². The van der Waals surface area contributed by atoms with Crippen molar-refractivity contribution in [1.82, 2.24) is 34.1 Å². The number of nitrogens with two attached hydrogens (primary N) is 2. The van der Waals surface area contributed by atoms with E-state index in [2.05, 4.69) is 37.2 Å². The average Bonchev–Trinajstić information content (AvgIpc) is 3.68. The third kappa shape index (κ3) is 5.96. The van der Waals surface area contributed by atoms with Crippen molar-refractivity contribution in [1.29, 1.82) is 0 Å². The Kier molecular flexibility index (Phi) is 8.70. The van der Waals surface area contributed by atoms with E-state index in [1.54, 1.807) is 6.07 Å². The van der Waals surface area contributed by atoms with Crippen molar-refractivity contribution in [2.24, 2.45) is 0 Å². The summed E-state index contributed by atoms with van der Waals surface area (Å²) in [6.07, 6.45) is -4.41. The fourth-order valence-electron chi connectivity index (χ4n) is 4.93. The molecule has 0 saturated carbocycles. The zero-order valence-corrected chi connectivity index (χ0v) is 26.1. The van der Waals surface area contributed by atoms with Crippen LogP contribution in [-0.4, -0.2) is 100 Å². The zero-order chi connectivity index (χ0) is 31.4. The molecule has 7 N–H and O–H groups in total. The molecule has 0 aliphatic carbocycles. The van der Waals surface area contributed by atoms with Gasteiger partial charge < -0.3 is 45.1 Å². The minimum atomic E-state index is -4.34. The molecule has 238 valence electrons. The van der Waals surface area contributed by atoms with Crippen LogP contribution in [0.4, 0.5) is 11.6 Å². The van der Waals surface area contributed by atoms with Crippen LogP contribution >= 0.6 is 25.8 Å². The summed E-state index contributed by atoms with van der Waals surface area (Å²) in [7, 11) is 1.27. The van der Waals surface area contributed by atoms with Crippen molar-refractivity contribution in [2.75, 3.05) is 31.8 Å². The Hall–Kier alpha value is -2.36. The van der Waals surface area contributed by atoms with E-state index >= 15 is 0 Å². The molecular formula is C21H27N9O10P2S2. The predicted molar refractivity (Wildman–Crippen MR) is 158 cm³/mol. The number of methoxy groups -OCH3 is 1. The highest BCUT2D eigenvalue weighted by atomic mass is 32.7. The van der Waals surface area contributed by atoms with Gasteiger partial charge in [0.1, 0.15) is 60.2 Å². The number of nitrogen functional groups attached to an aromatic ring is 2. The Morgan fingerprint density at radius 1 is 1.11 bits per heavy atom. The smallest absolute Gasteiger partial charge is 0.386 e. The van der Waals surface area contributed by atoms with Crippen molar-refractivity contribution >= 4 is 71.4 Å². The number of hydrogen-bond donors (Lipinski definition) is 6. The second kappa shape index (κ2) is 12.1. The molecule has 0 spiro atoms. The van der Waals surface area contributed by atoms with Crippen LogP contribution in [0.2, 0.25) is 0 Å². The third-order valence-electron chi connectivity index (χ3n) is 7.08. The van der Waals surface area contributed by atoms with Crippen molar-refractivity contribution in [3.8, 4) is 0 Å². The quantitative estimate of drug-likeness (QED) is 0.124. The molecule has 2 aliphatic heterocycles. The van der Waals surface area contributed by atoms with Crippen LogP contribution in [0.15, 0.2) is 31.2 Å². The number of aliphatic hydroxyl groups is 2. The van der Waals surface area contributed by atoms with Crippen molar-refractivity contribution < 1.29 is 47.2 Å². The standard InChI is InChI=1S/C21H27N9O10P2S2/c1-35-11-5-37-42(34,44)40-15-13(31)10(38-21(15)30-8-28-12-17(23)25-7-27-19(12)30)4-36-41(33,43)39-14(11)20(32)29-3-2-9-16(22)24-6-26-18(9)29/h2-3,6-8,10-11,13-15,20-21,31-32H,4-5H2,1H3,(H,33,43)(H,34,44)(H2,22,24,26)(H2,23,25,27)/t10-,11-,13-,14-,15-,20-,21-,41?,42?/m1/s1. The van der Waals surface area contributed by atoms with Gasteiger partial charge in [-0.25, -0.2) is 29.5 Å². The molecule has 2 fully saturated rings. The van der Waals surface area contributed by atoms with E-state index in [-0.39, 0.29) is 28.4 Å². The van der Waals surface area contributed by atoms with Gasteiger partial charge in [-0.2, -0.15) is 0 Å². The predicted octanol–water partition coefficient (Wildman–Crippen LogP) is 0.272. The van der Waals surface area contributed by atoms with Gasteiger partial charge in [0.15, 0.2) is 23.9 Å². The summed E-state index contributed by atoms with van der Waals surface area (Å²) in [5.74, 6) is 0.262. The fraction of sp³-hybridized carbons (Fsp3) is 0.476. The number of rotatable bonds is 4. The molecule has 2 bridgehead atoms. The lowest BCUT2D eigenvalue weighted by Gasteiger charge is -2.33. The topological polar surface area (TPSA) is 259 Å². The maximum atomic E-state index is 13.5. The van der Waals surface area contributed by atoms with Crippen molar-refractivity contribution in [2.45, 2.75) is 43.0 Å². The summed E-state index contributed by atoms with van der Waals surface area (Å²) >= 11 is 9.37. The molecule has 2 aliphatic rings. The van der Waals surface area contributed by atoms with Crippen LogP contribution < -0.4 is 11.5 Å². The lowest BCUT2D eigenvalue weighted by atomic mass is 10.1. The van der Waals surface area contributed by atoms with E-state index in [9.17, 15) is 19.7 Å². The van der Waals surface area contributed by atoms with E-state index in [4.69, 9.17) is 50.8 Å². The van der Waals surface area contributed by atoms with E-state index in [0.717, 1.165) is 0 Å². The Balaban J connectivity index is 1.33. The Labute approximate surface area is 258 Å². The number of imidazole rings is 1. The molecule has 0 amide bonds. The molecule has 9 atom stereocenters. The summed E-state index contributed by atoms with van der Waals surface area (Å²) in [6, 6.07) is 1.57. The number of aromatic nitrogens is 7. The first-order valence-corrected chi connectivity index (χ1v) is 18.0. The lowest BCUT2D eigenvalue weighted by Crippen LogP contribution is -2.40. The number of hydrogen-bond acceptors (Lipinski definition) is 17. The van der Waals surface area contributed by atoms with E-state index in [1.807, 2.05) is 0 Å². The maximum absolute atomic E-state index is 13.5. The SMILES string of the molecule is CO[C@@H]1COP(O)(=S)O[C@@H]2[C@H](O)[C@@H](COP(=O)(S)O[C@H]1[C@@H](O)n1ccc3c(N)ncnc31)O[C@H]2n1cnc2c(N)ncnc21. The molecule has 0 radical (unpaired) electrons. The molecular weight excluding hydrogens is 664 g/mol. The minimum absolute atomic E-state index is 0.0988. The first-order valence-electron chi connectivity index (χ1n) is 12.7. The van der Waals surface area contributed by atoms with Gasteiger partial charge in [0, 0.05) is 13.3 Å². The van der Waals surface area contributed by atoms with Crippen molar-refractivity contribution in [3.63, 3.8) is 0 Å². The van der Waals surface area contributed by atoms with E-state index in [1.165, 1.54) is 41.4 Å². The highest BCUT2D eigenvalue weighted by Crippen LogP contribution is 2.57. The molecule has 6 rings (SSSR count). The van der Waals surface area contributed by atoms with Crippen LogP contribution in [0.5, 0.6) is 0 Å². The molecule has 2 unspecified atom stereocenters. The second-order valence-electron chi connectivity index (χ2n) is 9.71. The Bertz CT molecular complexity index is 1780. The molecule has 23 heteroatoms. The molecule has 44 heavy (non-hydrogen) atoms. The summed E-state index contributed by atoms with van der Waals surface area (Å²) in [5.41, 5.74) is 12.6. The molecule has 4 aromatic rings. The minimum Gasteiger partial charge on any atom is -0.387 e. The van der Waals surface area contributed by atoms with Gasteiger partial charge in [0.25, 0.3) is 0 Å². The normalized spacial score (nSPS) is 34.4. The van der Waals surface area contributed by atoms with Gasteiger partial charge >= 0.3 is 13.5 Å². The van der Waals surface area contributed by atoms with Gasteiger partial charge in [0.2, 0.25) is 0 Å². The summed E-state index contributed by atoms with van der Waals surface area (Å²) in [5, 5.41) is 23.0. The fourth-order valence-corrected chi connectivity index (χ4v) is 7.82. The maximum Gasteiger partial charge on any atom is 0.386 e. The summed E-state index contributed by atoms with van der Waals surface area (Å²) in [4.78, 5) is 31.4. The summed E-state index contributed by atoms with van der Waals surface area (Å²) in [6.45, 7) is -9.59. The zero-order valence-electron chi connectivity index (χ0n) is 22.6. The van der Waals surface area contributed by atoms with Gasteiger partial charge in [-0.1, -0.05) is 12.2 Å². The second-order valence-corrected chi connectivity index (χ2v) is 15.4. The van der Waals surface area contributed by atoms with Crippen LogP contribution in [0.1, 0.15) is 12.5 Å². The van der Waals surface area contributed by atoms with Crippen LogP contribution in [0.25, 0.3) is 22.2 Å². The number of fused-ring (bicyclic) bond motifs is 4. The third-order valence-corrected chi connectivity index (χ3v) is 10.2. The number of thiol groups is 1. The van der Waals surface area contributed by atoms with Crippen LogP contribution in [0.3, 0.4) is 0 Å². The number of nitrogens with zero attached hydrogens (tertiary/aromatic N) is 7. The van der Waals surface area contributed by atoms with E-state index < -0.39 is 69.7 Å². The monoisotopic (exact) mass is 691 g/mol. The van der Waals surface area contributed by atoms with Crippen LogP contribution in [-0.2, 0) is 43.9 Å². The number of ether oxygens (including phenoxy) is 2. The van der Waals surface area contributed by atoms with Gasteiger partial charge in [-0.15, -0.1) is 0 Å². The molecule has 4 aromatic heterocycles. The lowest BCUT2D eigenvalue weighted by molar-refractivity contribution is -0.108. The van der Waals surface area contributed by atoms with Gasteiger partial charge in [0.05, 0.1) is 24.9 Å². The Morgan fingerprint density at radius 3 is 2.59 bits per heavy atom.